The van der Waals surface area contributed by atoms with Gasteiger partial charge in [0.25, 0.3) is 5.69 Å². The van der Waals surface area contributed by atoms with Crippen LogP contribution in [-0.2, 0) is 47.7 Å². The minimum atomic E-state index is -0.521. The first-order chi connectivity index (χ1) is 29.4. The highest BCUT2D eigenvalue weighted by Crippen LogP contribution is 2.35. The van der Waals surface area contributed by atoms with Crippen molar-refractivity contribution in [1.82, 2.24) is 0 Å². The first-order valence-electron chi connectivity index (χ1n) is 20.3. The summed E-state index contributed by atoms with van der Waals surface area (Å²) in [6.07, 6.45) is 9.07. The minimum absolute atomic E-state index is 0.0938. The first kappa shape index (κ1) is 47.2. The zero-order valence-electron chi connectivity index (χ0n) is 34.1. The van der Waals surface area contributed by atoms with E-state index in [0.717, 1.165) is 12.2 Å². The Labute approximate surface area is 353 Å². The normalized spacial score (nSPS) is 18.7. The fourth-order valence-electron chi connectivity index (χ4n) is 6.78. The Morgan fingerprint density at radius 2 is 1.07 bits per heavy atom. The third kappa shape index (κ3) is 15.5. The van der Waals surface area contributed by atoms with Crippen LogP contribution in [0.5, 0.6) is 11.5 Å². The summed E-state index contributed by atoms with van der Waals surface area (Å²) < 4.78 is 32.3. The number of esters is 6. The molecule has 4 rings (SSSR count). The molecule has 328 valence electrons. The lowest BCUT2D eigenvalue weighted by molar-refractivity contribution is -0.384. The summed E-state index contributed by atoms with van der Waals surface area (Å²) in [5.41, 5.74) is 7.22. The van der Waals surface area contributed by atoms with E-state index in [1.54, 1.807) is 0 Å². The van der Waals surface area contributed by atoms with Crippen LogP contribution in [0.2, 0.25) is 0 Å². The number of nitrogens with two attached hydrogens (primary N) is 1. The van der Waals surface area contributed by atoms with Crippen molar-refractivity contribution in [3.63, 3.8) is 0 Å². The van der Waals surface area contributed by atoms with Gasteiger partial charge in [-0.2, -0.15) is 0 Å². The predicted octanol–water partition coefficient (Wildman–Crippen LogP) is 6.49. The number of nitro groups is 1. The Balaban J connectivity index is 1.33. The van der Waals surface area contributed by atoms with Crippen LogP contribution in [0.25, 0.3) is 5.70 Å². The van der Waals surface area contributed by atoms with Crippen molar-refractivity contribution in [3.8, 4) is 11.5 Å². The zero-order valence-corrected chi connectivity index (χ0v) is 34.1. The maximum atomic E-state index is 13.5. The van der Waals surface area contributed by atoms with Gasteiger partial charge in [0.1, 0.15) is 11.5 Å². The van der Waals surface area contributed by atoms with Gasteiger partial charge < -0.3 is 39.5 Å². The number of nitrogens with zero attached hydrogens (tertiary/aromatic N) is 1. The van der Waals surface area contributed by atoms with E-state index in [1.807, 2.05) is 0 Å². The van der Waals surface area contributed by atoms with E-state index in [4.69, 9.17) is 34.2 Å². The summed E-state index contributed by atoms with van der Waals surface area (Å²) >= 11 is 0. The van der Waals surface area contributed by atoms with Crippen LogP contribution in [-0.4, -0.2) is 67.2 Å². The molecule has 0 spiro atoms. The van der Waals surface area contributed by atoms with E-state index < -0.39 is 40.6 Å². The quantitative estimate of drug-likeness (QED) is 0.0245. The molecule has 17 heteroatoms. The Morgan fingerprint density at radius 3 is 1.51 bits per heavy atom. The number of ether oxygens (including phenoxy) is 6. The van der Waals surface area contributed by atoms with E-state index in [2.05, 4.69) is 18.5 Å². The monoisotopic (exact) mass is 847 g/mol. The number of carbonyl (C=O) groups is 6. The average molecular weight is 848 g/mol. The van der Waals surface area contributed by atoms with Crippen molar-refractivity contribution in [3.05, 3.63) is 89.7 Å². The fraction of sp³-hybridized carbons (Fsp3) is 0.455. The van der Waals surface area contributed by atoms with E-state index in [-0.39, 0.29) is 78.6 Å². The van der Waals surface area contributed by atoms with Crippen LogP contribution in [0.3, 0.4) is 0 Å². The van der Waals surface area contributed by atoms with Gasteiger partial charge in [0.05, 0.1) is 60.7 Å². The van der Waals surface area contributed by atoms with Crippen molar-refractivity contribution in [1.29, 1.82) is 0 Å². The molecule has 0 atom stereocenters. The third-order valence-electron chi connectivity index (χ3n) is 10.3. The molecule has 3 N–H and O–H groups in total. The van der Waals surface area contributed by atoms with Gasteiger partial charge in [-0.1, -0.05) is 13.2 Å². The van der Waals surface area contributed by atoms with Crippen LogP contribution in [0.15, 0.2) is 74.0 Å². The van der Waals surface area contributed by atoms with Crippen LogP contribution in [0.1, 0.15) is 82.6 Å². The van der Waals surface area contributed by atoms with Gasteiger partial charge in [0.2, 0.25) is 0 Å². The lowest BCUT2D eigenvalue weighted by atomic mass is 9.82. The molecule has 0 aromatic heterocycles. The number of carbonyl (C=O) groups excluding carboxylic acids is 6. The molecule has 2 aliphatic carbocycles. The van der Waals surface area contributed by atoms with Gasteiger partial charge >= 0.3 is 35.8 Å². The van der Waals surface area contributed by atoms with Gasteiger partial charge in [-0.25, -0.2) is 9.59 Å². The predicted molar refractivity (Wildman–Crippen MR) is 220 cm³/mol. The molecule has 2 fully saturated rings. The third-order valence-corrected chi connectivity index (χ3v) is 10.3. The lowest BCUT2D eigenvalue weighted by Gasteiger charge is -2.26. The lowest BCUT2D eigenvalue weighted by Crippen LogP contribution is -2.30. The molecule has 0 amide bonds. The van der Waals surface area contributed by atoms with Crippen molar-refractivity contribution < 1.29 is 62.1 Å². The smallest absolute Gasteiger partial charge is 0.330 e. The SMILES string of the molecule is C=CC(=O)OCCCCOC(=O)C1CCC(C(=O)Oc2ccc(OC(=O)C3CCC(C(=O)OCCCCOC(=O)C=C)CC3)c(/C(N)=C/Nc3ccc([N+](=O)[O-])cc3)c2)CC1. The van der Waals surface area contributed by atoms with Gasteiger partial charge in [-0.15, -0.1) is 0 Å². The Kier molecular flexibility index (Phi) is 19.0. The largest absolute Gasteiger partial charge is 0.465 e. The number of hydrogen-bond donors (Lipinski definition) is 2. The first-order valence-corrected chi connectivity index (χ1v) is 20.3. The number of nitrogens with one attached hydrogen (secondary N) is 1. The molecule has 61 heavy (non-hydrogen) atoms. The van der Waals surface area contributed by atoms with Gasteiger partial charge in [-0.05, 0) is 107 Å². The molecule has 0 saturated heterocycles. The number of anilines is 1. The van der Waals surface area contributed by atoms with Gasteiger partial charge in [0, 0.05) is 41.7 Å². The maximum Gasteiger partial charge on any atom is 0.330 e. The zero-order chi connectivity index (χ0) is 44.1. The van der Waals surface area contributed by atoms with Crippen LogP contribution >= 0.6 is 0 Å². The standard InChI is InChI=1S/C44H53N3O14/c1-3-39(48)56-23-5-7-25-58-41(50)29-9-13-31(14-10-29)43(52)60-35-21-22-38(36(27-35)37(45)28-46-33-17-19-34(20-18-33)47(54)55)61-44(53)32-15-11-30(12-16-32)42(51)59-26-8-6-24-57-40(49)4-2/h3-4,17-22,27-32,46H,1-2,5-16,23-26,45H2/b37-28-. The Morgan fingerprint density at radius 1 is 0.639 bits per heavy atom. The number of hydrogen-bond acceptors (Lipinski definition) is 16. The molecule has 2 aromatic rings. The Bertz CT molecular complexity index is 1910. The highest BCUT2D eigenvalue weighted by atomic mass is 16.6. The molecule has 17 nitrogen and oxygen atoms in total. The maximum absolute atomic E-state index is 13.5. The molecule has 0 aliphatic heterocycles. The van der Waals surface area contributed by atoms with Crippen LogP contribution in [0.4, 0.5) is 11.4 Å². The van der Waals surface area contributed by atoms with Gasteiger partial charge in [-0.3, -0.25) is 29.3 Å². The molecule has 0 bridgehead atoms. The summed E-state index contributed by atoms with van der Waals surface area (Å²) in [6.45, 7) is 7.46. The highest BCUT2D eigenvalue weighted by Gasteiger charge is 2.34. The minimum Gasteiger partial charge on any atom is -0.465 e. The molecule has 2 aromatic carbocycles. The molecule has 0 radical (unpaired) electrons. The highest BCUT2D eigenvalue weighted by molar-refractivity contribution is 5.82. The second-order valence-electron chi connectivity index (χ2n) is 14.6. The van der Waals surface area contributed by atoms with E-state index in [1.165, 1.54) is 48.7 Å². The number of benzene rings is 2. The molecular weight excluding hydrogens is 794 g/mol. The topological polar surface area (TPSA) is 239 Å². The molecule has 2 aliphatic rings. The average Bonchev–Trinajstić information content (AvgIpc) is 3.28. The summed E-state index contributed by atoms with van der Waals surface area (Å²) in [4.78, 5) is 84.9. The molecular formula is C44H53N3O14. The van der Waals surface area contributed by atoms with E-state index in [9.17, 15) is 38.9 Å². The number of nitro benzene ring substituents is 1. The van der Waals surface area contributed by atoms with Crippen LogP contribution < -0.4 is 20.5 Å². The van der Waals surface area contributed by atoms with Crippen molar-refractivity contribution in [2.45, 2.75) is 77.0 Å². The van der Waals surface area contributed by atoms with E-state index in [0.29, 0.717) is 82.7 Å². The Hall–Kier alpha value is -6.52. The van der Waals surface area contributed by atoms with Crippen LogP contribution in [0, 0.1) is 33.8 Å². The number of non-ortho nitro benzene ring substituents is 1. The molecule has 0 unspecified atom stereocenters. The van der Waals surface area contributed by atoms with Gasteiger partial charge in [0.15, 0.2) is 0 Å². The van der Waals surface area contributed by atoms with E-state index >= 15 is 0 Å². The fourth-order valence-corrected chi connectivity index (χ4v) is 6.78. The second kappa shape index (κ2) is 24.5. The van der Waals surface area contributed by atoms with Crippen molar-refractivity contribution in [2.75, 3.05) is 31.7 Å². The summed E-state index contributed by atoms with van der Waals surface area (Å²) in [5, 5.41) is 14.1. The summed E-state index contributed by atoms with van der Waals surface area (Å²) in [6, 6.07) is 10.1. The molecule has 0 heterocycles. The number of rotatable bonds is 22. The summed E-state index contributed by atoms with van der Waals surface area (Å²) in [7, 11) is 0. The van der Waals surface area contributed by atoms with Crippen molar-refractivity contribution in [2.24, 2.45) is 29.4 Å². The second-order valence-corrected chi connectivity index (χ2v) is 14.6. The molecule has 2 saturated carbocycles. The number of unbranched alkanes of at least 4 members (excludes halogenated alkanes) is 2. The van der Waals surface area contributed by atoms with Crippen molar-refractivity contribution >= 4 is 52.9 Å². The summed E-state index contributed by atoms with van der Waals surface area (Å²) in [5.74, 6) is -4.15.